The number of ether oxygens (including phenoxy) is 2. The van der Waals surface area contributed by atoms with Crippen LogP contribution in [0.1, 0.15) is 73.3 Å². The summed E-state index contributed by atoms with van der Waals surface area (Å²) in [6, 6.07) is 9.65. The number of primary amides is 2. The summed E-state index contributed by atoms with van der Waals surface area (Å²) in [5.74, 6) is -1.67. The van der Waals surface area contributed by atoms with Crippen molar-refractivity contribution in [3.05, 3.63) is 93.7 Å². The topological polar surface area (TPSA) is 267 Å². The predicted octanol–water partition coefficient (Wildman–Crippen LogP) is 1.63. The quantitative estimate of drug-likeness (QED) is 0.0612. The number of β-amino-alcohol motifs (C(OH)–C–C–N with tert-alkyl or cyclic N) is 1. The molecule has 1 aliphatic heterocycles. The molecule has 7 rings (SSSR count). The molecule has 0 spiro atoms. The maximum absolute atomic E-state index is 13.8. The molecule has 0 unspecified atom stereocenters. The number of hydrogen-bond acceptors (Lipinski definition) is 11. The molecule has 4 aromatic heterocycles. The summed E-state index contributed by atoms with van der Waals surface area (Å²) in [7, 11) is 1.47. The highest BCUT2D eigenvalue weighted by atomic mass is 16.5. The Hall–Kier alpha value is -7.10. The van der Waals surface area contributed by atoms with Crippen LogP contribution in [0.15, 0.2) is 58.5 Å². The van der Waals surface area contributed by atoms with E-state index in [2.05, 4.69) is 39.9 Å². The highest BCUT2D eigenvalue weighted by Gasteiger charge is 2.21. The fourth-order valence-corrected chi connectivity index (χ4v) is 8.07. The van der Waals surface area contributed by atoms with Crippen LogP contribution in [-0.4, -0.2) is 137 Å². The average Bonchev–Trinajstić information content (AvgIpc) is 4.06. The Morgan fingerprint density at radius 2 is 1.18 bits per heavy atom. The van der Waals surface area contributed by atoms with Gasteiger partial charge >= 0.3 is 0 Å². The number of aromatic amines is 2. The standard InChI is InChI=1S/C44H56N14O7/c1-6-57-33(21-27(3)51-57)41(62)49-43-47-31-23-29(39(45)60)25-35(64-5)37(31)55(43)12-8-9-13-56-38-32(48-44(56)50-42(63)34-22-28(4)52-58(34)7-2)24-30(40(46)61)26-36(38)65-20-10-11-53-14-16-54(17-15-53)18-19-59/h8-9,21-26,59H,6-7,10-20H2,1-5H3,(H2,45,60)(H2,46,61)(H,47,49,62)(H,48,50,63)/b9-8+. The average molecular weight is 893 g/mol. The molecule has 65 heavy (non-hydrogen) atoms. The predicted molar refractivity (Wildman–Crippen MR) is 240 cm³/mol. The molecule has 6 aromatic rings. The zero-order valence-electron chi connectivity index (χ0n) is 37.3. The Labute approximate surface area is 373 Å². The fourth-order valence-electron chi connectivity index (χ4n) is 8.07. The van der Waals surface area contributed by atoms with E-state index in [0.717, 1.165) is 32.7 Å². The number of allylic oxidation sites excluding steroid dienone is 2. The number of nitrogens with zero attached hydrogens (tertiary/aromatic N) is 10. The number of rotatable bonds is 18. The summed E-state index contributed by atoms with van der Waals surface area (Å²) in [4.78, 5) is 72.4. The summed E-state index contributed by atoms with van der Waals surface area (Å²) in [5.41, 5.74) is 16.2. The second-order valence-electron chi connectivity index (χ2n) is 15.7. The van der Waals surface area contributed by atoms with Crippen molar-refractivity contribution >= 4 is 45.7 Å². The number of nitrogens with one attached hydrogen (secondary N) is 2. The molecule has 0 bridgehead atoms. The lowest BCUT2D eigenvalue weighted by molar-refractivity contribution is 0.0978. The van der Waals surface area contributed by atoms with Gasteiger partial charge < -0.3 is 50.0 Å². The van der Waals surface area contributed by atoms with Gasteiger partial charge in [0.05, 0.1) is 42.7 Å². The number of methoxy groups -OCH3 is 1. The smallest absolute Gasteiger partial charge is 0.298 e. The van der Waals surface area contributed by atoms with Crippen LogP contribution in [0, 0.1) is 13.8 Å². The molecule has 0 saturated carbocycles. The Kier molecular flexibility index (Phi) is 14.2. The number of nitrogens with two attached hydrogens (primary N) is 2. The molecule has 0 aliphatic carbocycles. The molecule has 1 aliphatic rings. The maximum Gasteiger partial charge on any atom is 0.298 e. The van der Waals surface area contributed by atoms with Crippen molar-refractivity contribution in [2.75, 3.05) is 59.6 Å². The number of aromatic nitrogens is 8. The van der Waals surface area contributed by atoms with Gasteiger partial charge in [-0.25, -0.2) is 0 Å². The van der Waals surface area contributed by atoms with Crippen molar-refractivity contribution in [3.63, 3.8) is 0 Å². The van der Waals surface area contributed by atoms with Gasteiger partial charge in [0, 0.05) is 76.6 Å². The third-order valence-electron chi connectivity index (χ3n) is 11.2. The number of piperazine rings is 1. The fraction of sp³-hybridized carbons (Fsp3) is 0.409. The number of aliphatic hydroxyl groups excluding tert-OH is 1. The monoisotopic (exact) mass is 892 g/mol. The van der Waals surface area contributed by atoms with Crippen molar-refractivity contribution in [1.29, 1.82) is 0 Å². The molecule has 21 heteroatoms. The first-order valence-corrected chi connectivity index (χ1v) is 21.6. The molecule has 344 valence electrons. The molecular formula is C44H56N14O7. The lowest BCUT2D eigenvalue weighted by Gasteiger charge is -2.34. The van der Waals surface area contributed by atoms with Gasteiger partial charge in [-0.3, -0.25) is 33.4 Å². The Balaban J connectivity index is 1.27. The van der Waals surface area contributed by atoms with E-state index in [1.54, 1.807) is 62.7 Å². The Bertz CT molecular complexity index is 2920. The molecule has 5 heterocycles. The van der Waals surface area contributed by atoms with Crippen LogP contribution in [0.4, 0.5) is 0 Å². The first-order valence-electron chi connectivity index (χ1n) is 21.6. The van der Waals surface area contributed by atoms with Gasteiger partial charge in [0.2, 0.25) is 23.1 Å². The molecule has 0 atom stereocenters. The molecule has 4 amide bonds. The van der Waals surface area contributed by atoms with E-state index in [-0.39, 0.29) is 42.1 Å². The minimum absolute atomic E-state index is 0.138. The number of carbonyl (C=O) groups is 4. The van der Waals surface area contributed by atoms with Crippen LogP contribution < -0.4 is 32.2 Å². The van der Waals surface area contributed by atoms with Crippen molar-refractivity contribution < 1.29 is 33.8 Å². The van der Waals surface area contributed by atoms with Crippen LogP contribution in [0.3, 0.4) is 0 Å². The number of imidazole rings is 2. The minimum Gasteiger partial charge on any atom is -0.494 e. The molecule has 1 fully saturated rings. The van der Waals surface area contributed by atoms with Gasteiger partial charge in [0.15, 0.2) is 0 Å². The summed E-state index contributed by atoms with van der Waals surface area (Å²) < 4.78 is 18.8. The number of aliphatic hydroxyl groups is 1. The molecular weight excluding hydrogens is 837 g/mol. The van der Waals surface area contributed by atoms with Gasteiger partial charge in [-0.05, 0) is 70.5 Å². The Morgan fingerprint density at radius 1 is 0.723 bits per heavy atom. The van der Waals surface area contributed by atoms with Gasteiger partial charge in [-0.2, -0.15) is 20.2 Å². The van der Waals surface area contributed by atoms with Crippen molar-refractivity contribution in [1.82, 2.24) is 48.5 Å². The van der Waals surface area contributed by atoms with E-state index in [9.17, 15) is 24.3 Å². The number of H-pyrrole nitrogens is 2. The van der Waals surface area contributed by atoms with E-state index < -0.39 is 23.6 Å². The van der Waals surface area contributed by atoms with Crippen LogP contribution in [-0.2, 0) is 26.2 Å². The third kappa shape index (κ3) is 10.2. The minimum atomic E-state index is -0.660. The number of aryl methyl sites for hydroxylation is 4. The number of fused-ring (bicyclic) bond motifs is 2. The maximum atomic E-state index is 13.8. The zero-order chi connectivity index (χ0) is 46.4. The van der Waals surface area contributed by atoms with Gasteiger partial charge in [0.1, 0.15) is 33.9 Å². The van der Waals surface area contributed by atoms with Crippen LogP contribution in [0.2, 0.25) is 0 Å². The van der Waals surface area contributed by atoms with Gasteiger partial charge in [-0.15, -0.1) is 0 Å². The SMILES string of the molecule is CCn1nc(C)cc1C(=O)/N=c1\[nH]c2cc(C(N)=O)cc(OC)c2n1C/C=C/Cn1/c(=N/C(=O)c2cc(C)nn2CC)[nH]c2cc(C(N)=O)cc(OCCCN3CCN(CCO)CC3)c21. The van der Waals surface area contributed by atoms with Crippen LogP contribution in [0.5, 0.6) is 11.5 Å². The molecule has 0 radical (unpaired) electrons. The largest absolute Gasteiger partial charge is 0.494 e. The summed E-state index contributed by atoms with van der Waals surface area (Å²) >= 11 is 0. The van der Waals surface area contributed by atoms with E-state index in [1.807, 2.05) is 26.0 Å². The third-order valence-corrected chi connectivity index (χ3v) is 11.2. The molecule has 21 nitrogen and oxygen atoms in total. The second kappa shape index (κ2) is 20.2. The molecule has 1 saturated heterocycles. The van der Waals surface area contributed by atoms with E-state index in [0.29, 0.717) is 89.0 Å². The molecule has 7 N–H and O–H groups in total. The van der Waals surface area contributed by atoms with Crippen LogP contribution >= 0.6 is 0 Å². The van der Waals surface area contributed by atoms with Gasteiger partial charge in [-0.1, -0.05) is 12.2 Å². The first kappa shape index (κ1) is 45.9. The lowest BCUT2D eigenvalue weighted by atomic mass is 10.1. The number of carbonyl (C=O) groups excluding carboxylic acids is 4. The zero-order valence-corrected chi connectivity index (χ0v) is 37.3. The summed E-state index contributed by atoms with van der Waals surface area (Å²) in [6.45, 7) is 14.1. The van der Waals surface area contributed by atoms with Gasteiger partial charge in [0.25, 0.3) is 11.8 Å². The Morgan fingerprint density at radius 3 is 1.63 bits per heavy atom. The van der Waals surface area contributed by atoms with E-state index >= 15 is 0 Å². The highest BCUT2D eigenvalue weighted by Crippen LogP contribution is 2.28. The van der Waals surface area contributed by atoms with E-state index in [1.165, 1.54) is 13.2 Å². The number of amides is 4. The number of benzene rings is 2. The molecule has 2 aromatic carbocycles. The normalized spacial score (nSPS) is 14.4. The van der Waals surface area contributed by atoms with Crippen molar-refractivity contribution in [2.24, 2.45) is 21.5 Å². The van der Waals surface area contributed by atoms with E-state index in [4.69, 9.17) is 20.9 Å². The summed E-state index contributed by atoms with van der Waals surface area (Å²) in [5, 5.41) is 18.1. The van der Waals surface area contributed by atoms with Crippen molar-refractivity contribution in [2.45, 2.75) is 60.3 Å². The van der Waals surface area contributed by atoms with Crippen LogP contribution in [0.25, 0.3) is 22.1 Å². The lowest BCUT2D eigenvalue weighted by Crippen LogP contribution is -2.47. The highest BCUT2D eigenvalue weighted by molar-refractivity contribution is 5.99. The summed E-state index contributed by atoms with van der Waals surface area (Å²) in [6.07, 6.45) is 4.41. The second-order valence-corrected chi connectivity index (χ2v) is 15.7. The number of hydrogen-bond donors (Lipinski definition) is 5. The van der Waals surface area contributed by atoms with Crippen molar-refractivity contribution in [3.8, 4) is 11.5 Å². The first-order chi connectivity index (χ1) is 31.3.